The highest BCUT2D eigenvalue weighted by atomic mass is 32.1. The number of nitrogens with one attached hydrogen (secondary N) is 1. The molecule has 3 aromatic carbocycles. The van der Waals surface area contributed by atoms with E-state index < -0.39 is 5.60 Å². The fourth-order valence-corrected chi connectivity index (χ4v) is 5.60. The van der Waals surface area contributed by atoms with Gasteiger partial charge in [-0.3, -0.25) is 0 Å². The lowest BCUT2D eigenvalue weighted by Crippen LogP contribution is -2.21. The molecule has 0 unspecified atom stereocenters. The highest BCUT2D eigenvalue weighted by Crippen LogP contribution is 2.37. The average Bonchev–Trinajstić information content (AvgIpc) is 3.61. The maximum atomic E-state index is 9.93. The Morgan fingerprint density at radius 2 is 1.80 bits per heavy atom. The number of ether oxygens (including phenoxy) is 2. The van der Waals surface area contributed by atoms with Gasteiger partial charge >= 0.3 is 0 Å². The van der Waals surface area contributed by atoms with Gasteiger partial charge < -0.3 is 14.6 Å². The van der Waals surface area contributed by atoms with E-state index in [0.717, 1.165) is 28.2 Å². The number of fused-ring (bicyclic) bond motifs is 1. The van der Waals surface area contributed by atoms with Gasteiger partial charge in [0, 0.05) is 28.5 Å². The van der Waals surface area contributed by atoms with Crippen LogP contribution in [0.5, 0.6) is 11.5 Å². The van der Waals surface area contributed by atoms with Gasteiger partial charge in [0.25, 0.3) is 0 Å². The van der Waals surface area contributed by atoms with Crippen LogP contribution in [0.4, 0.5) is 0 Å². The highest BCUT2D eigenvalue weighted by Gasteiger charge is 2.15. The van der Waals surface area contributed by atoms with E-state index >= 15 is 0 Å². The van der Waals surface area contributed by atoms with Crippen molar-refractivity contribution in [1.82, 2.24) is 20.6 Å². The average molecular weight is 567 g/mol. The maximum Gasteiger partial charge on any atom is 0.176 e. The zero-order valence-electron chi connectivity index (χ0n) is 23.8. The normalized spacial score (nSPS) is 12.1. The first-order valence-electron chi connectivity index (χ1n) is 13.6. The molecule has 0 aliphatic heterocycles. The fraction of sp³-hybridized carbons (Fsp3) is 0.303. The summed E-state index contributed by atoms with van der Waals surface area (Å²) in [6.07, 6.45) is 1.17. The molecule has 8 heteroatoms. The van der Waals surface area contributed by atoms with Gasteiger partial charge in [-0.25, -0.2) is 0 Å². The van der Waals surface area contributed by atoms with Crippen molar-refractivity contribution in [3.8, 4) is 34.5 Å². The van der Waals surface area contributed by atoms with Crippen LogP contribution in [-0.4, -0.2) is 37.9 Å². The molecule has 5 rings (SSSR count). The summed E-state index contributed by atoms with van der Waals surface area (Å²) in [5.74, 6) is 8.50. The van der Waals surface area contributed by atoms with Crippen molar-refractivity contribution in [2.75, 3.05) is 6.61 Å². The molecule has 2 N–H and O–H groups in total. The van der Waals surface area contributed by atoms with Gasteiger partial charge in [0.2, 0.25) is 0 Å². The molecule has 0 aliphatic rings. The van der Waals surface area contributed by atoms with E-state index in [2.05, 4.69) is 75.1 Å². The lowest BCUT2D eigenvalue weighted by atomic mass is 9.96. The molecule has 0 aliphatic carbocycles. The molecular formula is C33H34N4O3S. The monoisotopic (exact) mass is 566 g/mol. The van der Waals surface area contributed by atoms with Crippen molar-refractivity contribution < 1.29 is 14.6 Å². The second-order valence-electron chi connectivity index (χ2n) is 10.7. The number of tetrazole rings is 1. The van der Waals surface area contributed by atoms with E-state index in [1.165, 1.54) is 21.2 Å². The lowest BCUT2D eigenvalue weighted by molar-refractivity contribution is 0.0553. The third-order valence-corrected chi connectivity index (χ3v) is 7.85. The summed E-state index contributed by atoms with van der Waals surface area (Å²) in [7, 11) is 0. The number of hydrogen-bond donors (Lipinski definition) is 2. The maximum absolute atomic E-state index is 9.93. The van der Waals surface area contributed by atoms with E-state index in [4.69, 9.17) is 9.47 Å². The minimum Gasteiger partial charge on any atom is -0.493 e. The quantitative estimate of drug-likeness (QED) is 0.170. The predicted molar refractivity (Wildman–Crippen MR) is 163 cm³/mol. The van der Waals surface area contributed by atoms with Crippen LogP contribution in [0, 0.1) is 18.8 Å². The lowest BCUT2D eigenvalue weighted by Gasteiger charge is -2.17. The Morgan fingerprint density at radius 3 is 2.51 bits per heavy atom. The second-order valence-corrected chi connectivity index (χ2v) is 11.6. The Kier molecular flexibility index (Phi) is 8.67. The van der Waals surface area contributed by atoms with Gasteiger partial charge in [0.1, 0.15) is 18.1 Å². The second kappa shape index (κ2) is 12.5. The number of aromatic amines is 1. The first kappa shape index (κ1) is 28.3. The first-order chi connectivity index (χ1) is 19.8. The molecular weight excluding hydrogens is 532 g/mol. The molecule has 0 radical (unpaired) electrons. The number of aliphatic hydroxyl groups is 1. The van der Waals surface area contributed by atoms with Crippen molar-refractivity contribution in [2.24, 2.45) is 0 Å². The van der Waals surface area contributed by atoms with E-state index in [0.29, 0.717) is 31.9 Å². The predicted octanol–water partition coefficient (Wildman–Crippen LogP) is 6.86. The van der Waals surface area contributed by atoms with Crippen LogP contribution in [-0.2, 0) is 13.0 Å². The van der Waals surface area contributed by atoms with Crippen LogP contribution in [0.2, 0.25) is 0 Å². The van der Waals surface area contributed by atoms with E-state index in [1.807, 2.05) is 37.3 Å². The Morgan fingerprint density at radius 1 is 1.00 bits per heavy atom. The minimum atomic E-state index is -0.737. The van der Waals surface area contributed by atoms with Gasteiger partial charge in [-0.15, -0.1) is 27.5 Å². The Hall–Kier alpha value is -4.19. The van der Waals surface area contributed by atoms with Crippen LogP contribution in [0.25, 0.3) is 21.2 Å². The molecule has 0 amide bonds. The van der Waals surface area contributed by atoms with Crippen LogP contribution < -0.4 is 9.47 Å². The smallest absolute Gasteiger partial charge is 0.176 e. The number of hydrogen-bond acceptors (Lipinski definition) is 7. The number of benzene rings is 3. The van der Waals surface area contributed by atoms with Crippen molar-refractivity contribution in [3.63, 3.8) is 0 Å². The summed E-state index contributed by atoms with van der Waals surface area (Å²) in [6, 6.07) is 20.8. The van der Waals surface area contributed by atoms with Gasteiger partial charge in [-0.2, -0.15) is 5.21 Å². The topological polar surface area (TPSA) is 93.2 Å². The summed E-state index contributed by atoms with van der Waals surface area (Å²) in [5, 5.41) is 27.6. The third kappa shape index (κ3) is 7.31. The van der Waals surface area contributed by atoms with Crippen LogP contribution in [0.1, 0.15) is 55.6 Å². The highest BCUT2D eigenvalue weighted by molar-refractivity contribution is 7.17. The Bertz CT molecular complexity index is 1660. The van der Waals surface area contributed by atoms with Crippen molar-refractivity contribution in [2.45, 2.75) is 58.7 Å². The minimum absolute atomic E-state index is 0.0113. The van der Waals surface area contributed by atoms with Crippen molar-refractivity contribution in [1.29, 1.82) is 0 Å². The Labute approximate surface area is 244 Å². The number of aryl methyl sites for hydroxylation is 1. The molecule has 2 heterocycles. The zero-order valence-corrected chi connectivity index (χ0v) is 24.6. The van der Waals surface area contributed by atoms with Gasteiger partial charge in [0.05, 0.1) is 18.1 Å². The van der Waals surface area contributed by atoms with Crippen molar-refractivity contribution in [3.05, 3.63) is 88.6 Å². The molecule has 41 heavy (non-hydrogen) atoms. The molecule has 0 bridgehead atoms. The molecule has 7 nitrogen and oxygen atoms in total. The van der Waals surface area contributed by atoms with Gasteiger partial charge in [-0.05, 0) is 91.7 Å². The molecule has 1 atom stereocenters. The van der Waals surface area contributed by atoms with E-state index in [1.54, 1.807) is 25.2 Å². The van der Waals surface area contributed by atoms with Gasteiger partial charge in [0.15, 0.2) is 5.82 Å². The third-order valence-electron chi connectivity index (χ3n) is 6.89. The fourth-order valence-electron chi connectivity index (χ4n) is 4.66. The number of rotatable bonds is 11. The van der Waals surface area contributed by atoms with Crippen LogP contribution in [0.15, 0.2) is 66.0 Å². The molecule has 210 valence electrons. The SMILES string of the molecule is CC#C[C@@H](Cc1nn[nH]n1)c1ccc(OCc2ccc3scc(-c4ccc(OCCC(C)(C)O)cc4C)c3c2)cc1. The molecule has 0 saturated carbocycles. The van der Waals surface area contributed by atoms with Gasteiger partial charge in [-0.1, -0.05) is 35.4 Å². The number of H-pyrrole nitrogens is 1. The van der Waals surface area contributed by atoms with E-state index in [9.17, 15) is 5.11 Å². The largest absolute Gasteiger partial charge is 0.493 e. The summed E-state index contributed by atoms with van der Waals surface area (Å²) in [6.45, 7) is 8.48. The van der Waals surface area contributed by atoms with E-state index in [-0.39, 0.29) is 5.92 Å². The summed E-state index contributed by atoms with van der Waals surface area (Å²) in [5.41, 5.74) is 5.01. The number of thiophene rings is 1. The number of aromatic nitrogens is 4. The first-order valence-corrected chi connectivity index (χ1v) is 14.5. The Balaban J connectivity index is 1.26. The molecule has 0 saturated heterocycles. The van der Waals surface area contributed by atoms with Crippen LogP contribution >= 0.6 is 11.3 Å². The zero-order chi connectivity index (χ0) is 28.8. The summed E-state index contributed by atoms with van der Waals surface area (Å²) >= 11 is 1.75. The molecule has 0 fully saturated rings. The van der Waals surface area contributed by atoms with Crippen LogP contribution in [0.3, 0.4) is 0 Å². The summed E-state index contributed by atoms with van der Waals surface area (Å²) in [4.78, 5) is 0. The molecule has 0 spiro atoms. The van der Waals surface area contributed by atoms with Crippen molar-refractivity contribution >= 4 is 21.4 Å². The molecule has 5 aromatic rings. The number of nitrogens with zero attached hydrogens (tertiary/aromatic N) is 3. The summed E-state index contributed by atoms with van der Waals surface area (Å²) < 4.78 is 13.3. The molecule has 2 aromatic heterocycles. The standard InChI is InChI=1S/C33H34N4O3S/c1-5-6-25(19-32-34-36-37-35-32)24-8-10-26(11-9-24)40-20-23-7-14-31-29(18-23)30(21-41-31)28-13-12-27(17-22(28)2)39-16-15-33(3,4)38/h7-14,17-18,21,25,38H,15-16,19-20H2,1-4H3,(H,34,35,36,37)/t25-/m0/s1.